The van der Waals surface area contributed by atoms with Crippen LogP contribution in [0.3, 0.4) is 0 Å². The highest BCUT2D eigenvalue weighted by molar-refractivity contribution is 5.99. The molecule has 690 valence electrons. The van der Waals surface area contributed by atoms with Gasteiger partial charge < -0.3 is 124 Å². The summed E-state index contributed by atoms with van der Waals surface area (Å²) in [6.07, 6.45) is -11.8. The van der Waals surface area contributed by atoms with Gasteiger partial charge in [-0.15, -0.1) is 0 Å². The number of benzene rings is 1. The van der Waals surface area contributed by atoms with E-state index in [9.17, 15) is 72.5 Å². The van der Waals surface area contributed by atoms with Crippen LogP contribution < -0.4 is 85.1 Å². The van der Waals surface area contributed by atoms with Crippen molar-refractivity contribution in [1.82, 2.24) is 85.1 Å². The van der Waals surface area contributed by atoms with Crippen molar-refractivity contribution in [2.75, 3.05) is 39.3 Å². The molecule has 1 heterocycles. The third-order valence-corrected chi connectivity index (χ3v) is 17.3. The lowest BCUT2D eigenvalue weighted by atomic mass is 10.0. The van der Waals surface area contributed by atoms with Gasteiger partial charge in [0.15, 0.2) is 0 Å². The number of nitrogens with one attached hydrogen (secondary N) is 16. The van der Waals surface area contributed by atoms with E-state index >= 15 is 19.2 Å². The van der Waals surface area contributed by atoms with Crippen molar-refractivity contribution in [1.29, 1.82) is 0 Å². The number of aliphatic hydroxyl groups excluding tert-OH is 2. The molecule has 0 radical (unpaired) electrons. The summed E-state index contributed by atoms with van der Waals surface area (Å²) in [7, 11) is 0. The molecular formula is C81H136N16O25. The minimum atomic E-state index is -2.03. The first-order valence-electron chi connectivity index (χ1n) is 41.1. The van der Waals surface area contributed by atoms with Gasteiger partial charge in [-0.3, -0.25) is 57.5 Å². The van der Waals surface area contributed by atoms with Crippen LogP contribution >= 0.6 is 0 Å². The Kier molecular flexibility index (Phi) is 43.8. The van der Waals surface area contributed by atoms with Crippen LogP contribution in [0.1, 0.15) is 222 Å². The van der Waals surface area contributed by atoms with Gasteiger partial charge in [0.05, 0.1) is 24.5 Å². The van der Waals surface area contributed by atoms with E-state index in [0.717, 1.165) is 13.8 Å². The fourth-order valence-corrected chi connectivity index (χ4v) is 11.3. The second-order valence-corrected chi connectivity index (χ2v) is 35.3. The van der Waals surface area contributed by atoms with Gasteiger partial charge in [-0.2, -0.15) is 0 Å². The van der Waals surface area contributed by atoms with Crippen LogP contribution in [0.2, 0.25) is 0 Å². The average molecular weight is 1730 g/mol. The normalized spacial score (nSPS) is 19.9. The van der Waals surface area contributed by atoms with E-state index in [1.807, 2.05) is 0 Å². The van der Waals surface area contributed by atoms with E-state index < -0.39 is 278 Å². The number of ether oxygens (including phenoxy) is 6. The van der Waals surface area contributed by atoms with Crippen LogP contribution in [0.15, 0.2) is 30.3 Å². The van der Waals surface area contributed by atoms with Gasteiger partial charge in [-0.1, -0.05) is 57.5 Å². The Labute approximate surface area is 714 Å². The maximum absolute atomic E-state index is 15.4. The van der Waals surface area contributed by atoms with E-state index in [1.54, 1.807) is 155 Å². The zero-order valence-electron chi connectivity index (χ0n) is 74.7. The lowest BCUT2D eigenvalue weighted by molar-refractivity contribution is -0.163. The quantitative estimate of drug-likeness (QED) is 0.0350. The molecule has 0 saturated carbocycles. The fraction of sp³-hybridized carbons (Fsp3) is 0.716. The maximum Gasteiger partial charge on any atom is 0.407 e. The van der Waals surface area contributed by atoms with Crippen LogP contribution in [0.4, 0.5) is 24.0 Å². The van der Waals surface area contributed by atoms with Crippen molar-refractivity contribution in [3.8, 4) is 0 Å². The highest BCUT2D eigenvalue weighted by Crippen LogP contribution is 2.20. The lowest BCUT2D eigenvalue weighted by Gasteiger charge is -2.29. The van der Waals surface area contributed by atoms with Gasteiger partial charge >= 0.3 is 36.4 Å². The summed E-state index contributed by atoms with van der Waals surface area (Å²) in [5.74, 6) is -13.5. The predicted octanol–water partition coefficient (Wildman–Crippen LogP) is 1.49. The molecule has 1 fully saturated rings. The van der Waals surface area contributed by atoms with Crippen LogP contribution in [0.25, 0.3) is 0 Å². The first kappa shape index (κ1) is 107. The summed E-state index contributed by atoms with van der Waals surface area (Å²) in [4.78, 5) is 241. The van der Waals surface area contributed by atoms with E-state index in [4.69, 9.17) is 28.4 Å². The van der Waals surface area contributed by atoms with Crippen LogP contribution in [0.5, 0.6) is 0 Å². The molecule has 0 aliphatic carbocycles. The number of aliphatic hydroxyl groups is 2. The SMILES string of the molecule is CCC[C@@H]1NC(=O)[C@@H](Cc2ccccc2)NC(=O)[C@H](CCNC(=O)OC(C)(C)C)NC(=O)[C@@H](NC(=O)[C@H](CCNC(=O)OC(C)(C)C)NC(=O)[C@@H](NC(=O)[C@H](CCNC(=O)OC(C)(C)C)NC(=O)CC(C)(C)OC(=O)C(C)CC)C(C)O)CCNC(=O)[C@H](C(C)O)NC(=O)[C@H](CCNC(=O)OC(C)(C)C)NC(=O)[C@H](CCNC(=O)OC(C)(C)C)NC1=O. The molecule has 1 aromatic carbocycles. The molecule has 1 aliphatic heterocycles. The molecule has 0 aromatic heterocycles. The molecule has 13 atom stereocenters. The summed E-state index contributed by atoms with van der Waals surface area (Å²) in [6, 6.07) is -9.73. The fourth-order valence-electron chi connectivity index (χ4n) is 11.3. The minimum Gasteiger partial charge on any atom is -0.459 e. The number of hydrogen-bond donors (Lipinski definition) is 18. The van der Waals surface area contributed by atoms with Gasteiger partial charge in [0.25, 0.3) is 0 Å². The van der Waals surface area contributed by atoms with Crippen molar-refractivity contribution in [2.24, 2.45) is 5.92 Å². The van der Waals surface area contributed by atoms with Crippen molar-refractivity contribution in [3.05, 3.63) is 35.9 Å². The summed E-state index contributed by atoms with van der Waals surface area (Å²) >= 11 is 0. The van der Waals surface area contributed by atoms with Gasteiger partial charge in [0, 0.05) is 45.7 Å². The molecule has 2 rings (SSSR count). The second kappa shape index (κ2) is 49.9. The highest BCUT2D eigenvalue weighted by atomic mass is 16.6. The molecule has 41 heteroatoms. The predicted molar refractivity (Wildman–Crippen MR) is 444 cm³/mol. The van der Waals surface area contributed by atoms with Crippen LogP contribution in [0, 0.1) is 5.92 Å². The molecular weight excluding hydrogens is 1600 g/mol. The van der Waals surface area contributed by atoms with E-state index in [0.29, 0.717) is 12.0 Å². The zero-order chi connectivity index (χ0) is 93.0. The first-order chi connectivity index (χ1) is 56.3. The number of carbonyl (C=O) groups is 17. The minimum absolute atomic E-state index is 0.122. The smallest absolute Gasteiger partial charge is 0.407 e. The molecule has 1 aromatic rings. The maximum atomic E-state index is 15.4. The molecule has 1 saturated heterocycles. The second-order valence-electron chi connectivity index (χ2n) is 35.3. The number of amides is 16. The third kappa shape index (κ3) is 44.6. The molecule has 3 unspecified atom stereocenters. The number of esters is 1. The monoisotopic (exact) mass is 1730 g/mol. The van der Waals surface area contributed by atoms with Gasteiger partial charge in [0.2, 0.25) is 65.0 Å². The van der Waals surface area contributed by atoms with E-state index in [2.05, 4.69) is 85.1 Å². The molecule has 16 amide bonds. The van der Waals surface area contributed by atoms with Crippen LogP contribution in [-0.2, 0) is 92.4 Å². The lowest BCUT2D eigenvalue weighted by Crippen LogP contribution is -2.62. The molecule has 41 nitrogen and oxygen atoms in total. The van der Waals surface area contributed by atoms with Crippen molar-refractivity contribution >= 4 is 101 Å². The van der Waals surface area contributed by atoms with Gasteiger partial charge in [-0.05, 0) is 188 Å². The van der Waals surface area contributed by atoms with Crippen molar-refractivity contribution < 1.29 is 120 Å². The molecule has 18 N–H and O–H groups in total. The highest BCUT2D eigenvalue weighted by Gasteiger charge is 2.40. The average Bonchev–Trinajstić information content (AvgIpc) is 0.996. The van der Waals surface area contributed by atoms with Crippen molar-refractivity contribution in [3.63, 3.8) is 0 Å². The summed E-state index contributed by atoms with van der Waals surface area (Å²) < 4.78 is 32.5. The summed E-state index contributed by atoms with van der Waals surface area (Å²) in [5.41, 5.74) is -6.03. The molecule has 122 heavy (non-hydrogen) atoms. The number of rotatable bonds is 33. The Balaban J connectivity index is 3.11. The number of carbonyl (C=O) groups excluding carboxylic acids is 17. The van der Waals surface area contributed by atoms with E-state index in [1.165, 1.54) is 13.8 Å². The standard InChI is InChI=1S/C81H136N16O25/c1-23-28-49-60(101)90-52(33-39-84-72(113)119-77(9,10)11)62(103)93-55(36-42-87-75(116)122-80(18,19)20)66(107)96-58(46(4)98)68(109)82-37-31-51(61(102)92-53(34-40-85-73(114)120-78(12,13)14)64(105)95-56(67(108)89-49)43-48-29-26-25-27-30-48)91-63(104)54(35-41-86-74(115)121-79(15,16)17)94-69(110)59(47(5)99)97-65(106)50(32-38-83-71(112)118-76(6,7)8)88-57(100)44-81(21,22)117-70(111)45(3)24-2/h25-27,29-30,45-47,49-56,58-59,98-99H,23-24,28,31-44H2,1-22H3,(H,82,109)(H,83,112)(H,84,113)(H,85,114)(H,86,115)(H,87,116)(H,88,100)(H,89,108)(H,90,101)(H,91,104)(H,92,102)(H,93,103)(H,94,110)(H,95,105)(H,96,107)(H,97,106)/t45?,46?,47?,49-,50-,51-,52-,53-,54-,55-,56+,58-,59-/m0/s1. The number of alkyl carbamates (subject to hydrolysis) is 5. The number of hydrogen-bond acceptors (Lipinski definition) is 25. The molecule has 0 spiro atoms. The Morgan fingerprint density at radius 1 is 0.434 bits per heavy atom. The Morgan fingerprint density at radius 2 is 0.803 bits per heavy atom. The molecule has 1 aliphatic rings. The Bertz CT molecular complexity index is 3700. The largest absolute Gasteiger partial charge is 0.459 e. The Hall–Kier alpha value is -10.9. The van der Waals surface area contributed by atoms with E-state index in [-0.39, 0.29) is 38.8 Å². The van der Waals surface area contributed by atoms with Crippen molar-refractivity contribution in [2.45, 2.75) is 329 Å². The first-order valence-corrected chi connectivity index (χ1v) is 41.1. The van der Waals surface area contributed by atoms with Crippen LogP contribution in [-0.4, -0.2) is 257 Å². The Morgan fingerprint density at radius 3 is 1.19 bits per heavy atom. The zero-order valence-corrected chi connectivity index (χ0v) is 74.7. The van der Waals surface area contributed by atoms with Gasteiger partial charge in [0.1, 0.15) is 94.0 Å². The topological polar surface area (TPSA) is 579 Å². The van der Waals surface area contributed by atoms with Gasteiger partial charge in [-0.25, -0.2) is 24.0 Å². The summed E-state index contributed by atoms with van der Waals surface area (Å²) in [5, 5.41) is 62.8. The third-order valence-electron chi connectivity index (χ3n) is 17.3. The summed E-state index contributed by atoms with van der Waals surface area (Å²) in [6.45, 7) is 31.2. The molecule has 0 bridgehead atoms.